The van der Waals surface area contributed by atoms with Crippen LogP contribution in [0.15, 0.2) is 30.3 Å². The molecule has 0 aromatic heterocycles. The van der Waals surface area contributed by atoms with E-state index in [1.807, 2.05) is 18.2 Å². The summed E-state index contributed by atoms with van der Waals surface area (Å²) in [7, 11) is 0. The van der Waals surface area contributed by atoms with Gasteiger partial charge in [-0.15, -0.1) is 0 Å². The Morgan fingerprint density at radius 1 is 1.15 bits per heavy atom. The zero-order valence-electron chi connectivity index (χ0n) is 18.3. The lowest BCUT2D eigenvalue weighted by atomic mass is 10.0. The largest absolute Gasteiger partial charge is 0.489 e. The van der Waals surface area contributed by atoms with E-state index in [2.05, 4.69) is 9.62 Å². The summed E-state index contributed by atoms with van der Waals surface area (Å²) < 4.78 is 24.1. The Morgan fingerprint density at radius 2 is 1.91 bits per heavy atom. The number of amides is 1. The van der Waals surface area contributed by atoms with Gasteiger partial charge in [0.2, 0.25) is 0 Å². The number of rotatable bonds is 8. The molecule has 3 aliphatic rings. The first-order valence-corrected chi connectivity index (χ1v) is 13.2. The molecule has 8 heteroatoms. The lowest BCUT2D eigenvalue weighted by Gasteiger charge is -2.33. The fraction of sp³-hybridized carbons (Fsp3) is 0.480. The van der Waals surface area contributed by atoms with E-state index in [4.69, 9.17) is 27.9 Å². The van der Waals surface area contributed by atoms with E-state index in [0.717, 1.165) is 56.2 Å². The van der Waals surface area contributed by atoms with Crippen LogP contribution in [0.3, 0.4) is 0 Å². The molecular weight excluding hydrogens is 482 g/mol. The van der Waals surface area contributed by atoms with E-state index in [1.54, 1.807) is 6.07 Å². The SMILES string of the molecule is O=C(NSC1CC1)c1cc(C2CC2)c(O[C@@H]2CCCN(Cc3c(Cl)cccc3Cl)C2)cc1F. The summed E-state index contributed by atoms with van der Waals surface area (Å²) in [4.78, 5) is 14.8. The molecule has 2 aromatic carbocycles. The summed E-state index contributed by atoms with van der Waals surface area (Å²) in [6.45, 7) is 2.30. The summed E-state index contributed by atoms with van der Waals surface area (Å²) in [5.41, 5.74) is 1.98. The lowest BCUT2D eigenvalue weighted by molar-refractivity contribution is 0.0833. The van der Waals surface area contributed by atoms with Crippen molar-refractivity contribution in [1.29, 1.82) is 0 Å². The summed E-state index contributed by atoms with van der Waals surface area (Å²) >= 11 is 14.1. The minimum absolute atomic E-state index is 0.0537. The Labute approximate surface area is 208 Å². The molecule has 5 rings (SSSR count). The number of benzene rings is 2. The first-order valence-electron chi connectivity index (χ1n) is 11.6. The minimum Gasteiger partial charge on any atom is -0.489 e. The number of hydrogen-bond acceptors (Lipinski definition) is 4. The first kappa shape index (κ1) is 23.3. The third-order valence-corrected chi connectivity index (χ3v) is 8.22. The van der Waals surface area contributed by atoms with Crippen LogP contribution in [0.1, 0.15) is 65.9 Å². The van der Waals surface area contributed by atoms with E-state index >= 15 is 0 Å². The predicted octanol–water partition coefficient (Wildman–Crippen LogP) is 6.59. The van der Waals surface area contributed by atoms with Gasteiger partial charge in [-0.3, -0.25) is 14.4 Å². The molecule has 1 atom stereocenters. The average molecular weight is 509 g/mol. The standard InChI is InChI=1S/C25H27Cl2FN2O2S/c26-21-4-1-5-22(27)20(21)14-30-10-2-3-16(13-30)32-24-12-23(28)19(11-18(24)15-6-7-15)25(31)29-33-17-8-9-17/h1,4-5,11-12,15-17H,2-3,6-10,13-14H2,(H,29,31)/t16-/m1/s1. The number of likely N-dealkylation sites (tertiary alicyclic amines) is 1. The second kappa shape index (κ2) is 10.0. The van der Waals surface area contributed by atoms with Crippen LogP contribution in [0.5, 0.6) is 5.75 Å². The first-order chi connectivity index (χ1) is 16.0. The van der Waals surface area contributed by atoms with E-state index in [9.17, 15) is 9.18 Å². The van der Waals surface area contributed by atoms with Crippen LogP contribution in [0, 0.1) is 5.82 Å². The molecule has 0 spiro atoms. The van der Waals surface area contributed by atoms with Crippen LogP contribution in [0.4, 0.5) is 4.39 Å². The van der Waals surface area contributed by atoms with Crippen LogP contribution in [-0.2, 0) is 6.54 Å². The second-order valence-electron chi connectivity index (χ2n) is 9.21. The highest BCUT2D eigenvalue weighted by molar-refractivity contribution is 7.98. The van der Waals surface area contributed by atoms with Gasteiger partial charge in [-0.2, -0.15) is 0 Å². The Bertz CT molecular complexity index is 1030. The third kappa shape index (κ3) is 5.79. The molecule has 1 aliphatic heterocycles. The lowest BCUT2D eigenvalue weighted by Crippen LogP contribution is -2.40. The number of carbonyl (C=O) groups is 1. The van der Waals surface area contributed by atoms with Gasteiger partial charge in [-0.05, 0) is 86.7 Å². The molecule has 0 unspecified atom stereocenters. The minimum atomic E-state index is -0.529. The number of carbonyl (C=O) groups excluding carboxylic acids is 1. The maximum absolute atomic E-state index is 14.9. The van der Waals surface area contributed by atoms with Gasteiger partial charge in [0.15, 0.2) is 0 Å². The van der Waals surface area contributed by atoms with Gasteiger partial charge in [-0.25, -0.2) is 4.39 Å². The molecule has 0 bridgehead atoms. The van der Waals surface area contributed by atoms with E-state index in [0.29, 0.717) is 40.1 Å². The fourth-order valence-electron chi connectivity index (χ4n) is 4.28. The maximum Gasteiger partial charge on any atom is 0.264 e. The summed E-state index contributed by atoms with van der Waals surface area (Å²) in [6, 6.07) is 8.67. The number of nitrogens with zero attached hydrogens (tertiary/aromatic N) is 1. The van der Waals surface area contributed by atoms with Crippen molar-refractivity contribution in [3.63, 3.8) is 0 Å². The van der Waals surface area contributed by atoms with Gasteiger partial charge in [0.05, 0.1) is 5.56 Å². The highest BCUT2D eigenvalue weighted by Crippen LogP contribution is 2.45. The second-order valence-corrected chi connectivity index (χ2v) is 11.1. The highest BCUT2D eigenvalue weighted by Gasteiger charge is 2.32. The molecule has 3 fully saturated rings. The van der Waals surface area contributed by atoms with Crippen LogP contribution in [-0.4, -0.2) is 35.3 Å². The smallest absolute Gasteiger partial charge is 0.264 e. The number of ether oxygens (including phenoxy) is 1. The van der Waals surface area contributed by atoms with Gasteiger partial charge in [0.25, 0.3) is 5.91 Å². The van der Waals surface area contributed by atoms with E-state index < -0.39 is 5.82 Å². The summed E-state index contributed by atoms with van der Waals surface area (Å²) in [5.74, 6) is 0.0194. The van der Waals surface area contributed by atoms with Crippen molar-refractivity contribution in [2.75, 3.05) is 13.1 Å². The van der Waals surface area contributed by atoms with Gasteiger partial charge in [-0.1, -0.05) is 29.3 Å². The van der Waals surface area contributed by atoms with Crippen molar-refractivity contribution in [2.24, 2.45) is 0 Å². The predicted molar refractivity (Wildman–Crippen MR) is 132 cm³/mol. The molecule has 2 aliphatic carbocycles. The van der Waals surface area contributed by atoms with Crippen molar-refractivity contribution >= 4 is 41.1 Å². The van der Waals surface area contributed by atoms with Crippen molar-refractivity contribution in [2.45, 2.75) is 62.3 Å². The topological polar surface area (TPSA) is 41.6 Å². The molecule has 0 radical (unpaired) electrons. The number of piperidine rings is 1. The third-order valence-electron chi connectivity index (χ3n) is 6.40. The molecule has 1 saturated heterocycles. The Morgan fingerprint density at radius 3 is 2.61 bits per heavy atom. The molecule has 176 valence electrons. The Kier molecular flexibility index (Phi) is 7.07. The molecule has 2 aromatic rings. The van der Waals surface area contributed by atoms with Gasteiger partial charge < -0.3 is 4.74 Å². The van der Waals surface area contributed by atoms with Crippen LogP contribution in [0.2, 0.25) is 10.0 Å². The molecule has 1 N–H and O–H groups in total. The van der Waals surface area contributed by atoms with Gasteiger partial charge in [0, 0.05) is 40.0 Å². The van der Waals surface area contributed by atoms with E-state index in [1.165, 1.54) is 18.0 Å². The summed E-state index contributed by atoms with van der Waals surface area (Å²) in [6.07, 6.45) is 6.13. The molecular formula is C25H27Cl2FN2O2S. The number of nitrogens with one attached hydrogen (secondary N) is 1. The average Bonchev–Trinajstić information content (AvgIpc) is 3.69. The van der Waals surface area contributed by atoms with Crippen molar-refractivity contribution < 1.29 is 13.9 Å². The monoisotopic (exact) mass is 508 g/mol. The van der Waals surface area contributed by atoms with Crippen molar-refractivity contribution in [3.8, 4) is 5.75 Å². The number of halogens is 3. The van der Waals surface area contributed by atoms with E-state index in [-0.39, 0.29) is 17.6 Å². The zero-order chi connectivity index (χ0) is 22.9. The normalized spacial score (nSPS) is 21.1. The van der Waals surface area contributed by atoms with Crippen molar-refractivity contribution in [1.82, 2.24) is 9.62 Å². The maximum atomic E-state index is 14.9. The fourth-order valence-corrected chi connectivity index (χ4v) is 5.55. The highest BCUT2D eigenvalue weighted by atomic mass is 35.5. The van der Waals surface area contributed by atoms with Gasteiger partial charge in [0.1, 0.15) is 17.7 Å². The van der Waals surface area contributed by atoms with Crippen LogP contribution < -0.4 is 9.46 Å². The molecule has 33 heavy (non-hydrogen) atoms. The molecule has 1 heterocycles. The zero-order valence-corrected chi connectivity index (χ0v) is 20.6. The summed E-state index contributed by atoms with van der Waals surface area (Å²) in [5, 5.41) is 1.80. The quantitative estimate of drug-likeness (QED) is 0.408. The van der Waals surface area contributed by atoms with Crippen LogP contribution >= 0.6 is 35.1 Å². The Balaban J connectivity index is 1.28. The molecule has 2 saturated carbocycles. The van der Waals surface area contributed by atoms with Crippen molar-refractivity contribution in [3.05, 3.63) is 62.9 Å². The van der Waals surface area contributed by atoms with Gasteiger partial charge >= 0.3 is 0 Å². The Hall–Kier alpha value is -1.47. The molecule has 4 nitrogen and oxygen atoms in total. The number of hydrogen-bond donors (Lipinski definition) is 1. The van der Waals surface area contributed by atoms with Crippen LogP contribution in [0.25, 0.3) is 0 Å². The molecule has 1 amide bonds.